The predicted octanol–water partition coefficient (Wildman–Crippen LogP) is 4.43. The highest BCUT2D eigenvalue weighted by Gasteiger charge is 2.14. The van der Waals surface area contributed by atoms with E-state index in [0.29, 0.717) is 27.8 Å². The zero-order valence-electron chi connectivity index (χ0n) is 16.4. The van der Waals surface area contributed by atoms with Gasteiger partial charge < -0.3 is 16.2 Å². The lowest BCUT2D eigenvalue weighted by Crippen LogP contribution is -2.13. The van der Waals surface area contributed by atoms with Gasteiger partial charge in [0.25, 0.3) is 0 Å². The second-order valence-electron chi connectivity index (χ2n) is 6.78. The molecule has 0 aliphatic carbocycles. The van der Waals surface area contributed by atoms with Gasteiger partial charge in [0.05, 0.1) is 11.4 Å². The highest BCUT2D eigenvalue weighted by Crippen LogP contribution is 2.31. The van der Waals surface area contributed by atoms with Gasteiger partial charge in [-0.2, -0.15) is 0 Å². The molecule has 0 radical (unpaired) electrons. The van der Waals surface area contributed by atoms with Crippen LogP contribution in [-0.4, -0.2) is 26.0 Å². The van der Waals surface area contributed by atoms with Gasteiger partial charge in [-0.1, -0.05) is 12.1 Å². The van der Waals surface area contributed by atoms with Crippen LogP contribution < -0.4 is 11.1 Å². The highest BCUT2D eigenvalue weighted by atomic mass is 32.1. The van der Waals surface area contributed by atoms with Gasteiger partial charge in [0.2, 0.25) is 5.91 Å². The molecule has 2 aromatic carbocycles. The number of aryl methyl sites for hydroxylation is 2. The molecule has 7 nitrogen and oxygen atoms in total. The van der Waals surface area contributed by atoms with Gasteiger partial charge >= 0.3 is 0 Å². The number of benzene rings is 2. The minimum absolute atomic E-state index is 0.192. The van der Waals surface area contributed by atoms with Crippen LogP contribution in [0.4, 0.5) is 10.8 Å². The normalized spacial score (nSPS) is 10.7. The number of amides is 1. The van der Waals surface area contributed by atoms with Crippen molar-refractivity contribution in [2.75, 3.05) is 5.32 Å². The summed E-state index contributed by atoms with van der Waals surface area (Å²) in [6.45, 7) is 3.68. The van der Waals surface area contributed by atoms with E-state index < -0.39 is 5.91 Å². The molecular weight excluding hydrogens is 398 g/mol. The molecule has 2 aromatic heterocycles. The molecule has 150 valence electrons. The summed E-state index contributed by atoms with van der Waals surface area (Å²) in [6.07, 6.45) is 0. The predicted molar refractivity (Wildman–Crippen MR) is 118 cm³/mol. The lowest BCUT2D eigenvalue weighted by Gasteiger charge is -2.11. The van der Waals surface area contributed by atoms with Crippen LogP contribution in [0.3, 0.4) is 0 Å². The molecule has 1 amide bonds. The number of rotatable bonds is 5. The molecule has 0 bridgehead atoms. The third kappa shape index (κ3) is 4.13. The maximum Gasteiger partial charge on any atom is 0.249 e. The molecule has 0 atom stereocenters. The van der Waals surface area contributed by atoms with Crippen molar-refractivity contribution in [2.45, 2.75) is 13.8 Å². The van der Waals surface area contributed by atoms with Crippen molar-refractivity contribution in [3.05, 3.63) is 71.0 Å². The molecule has 4 N–H and O–H groups in total. The number of nitrogens with one attached hydrogen (secondary N) is 1. The number of aromatic nitrogens is 3. The average molecular weight is 417 g/mol. The zero-order valence-corrected chi connectivity index (χ0v) is 17.2. The van der Waals surface area contributed by atoms with Crippen LogP contribution in [0.2, 0.25) is 0 Å². The van der Waals surface area contributed by atoms with Crippen LogP contribution in [0.5, 0.6) is 5.75 Å². The minimum atomic E-state index is -0.522. The summed E-state index contributed by atoms with van der Waals surface area (Å²) in [5.74, 6) is 0.289. The van der Waals surface area contributed by atoms with Crippen LogP contribution in [0.25, 0.3) is 22.5 Å². The first-order valence-corrected chi connectivity index (χ1v) is 10.1. The fourth-order valence-corrected chi connectivity index (χ4v) is 3.90. The molecule has 0 saturated carbocycles. The maximum atomic E-state index is 11.9. The van der Waals surface area contributed by atoms with Crippen molar-refractivity contribution in [3.63, 3.8) is 0 Å². The molecule has 4 aromatic rings. The summed E-state index contributed by atoms with van der Waals surface area (Å²) < 4.78 is 0. The standard InChI is InChI=1S/C22H19N5O2S/c1-12-8-19(25-13(2)24-12)18-10-15(6-7-17(18)21(23)29)26-22-27-20(11-30-22)14-4-3-5-16(28)9-14/h3-11,28H,1-2H3,(H2,23,29)(H,26,27). The molecule has 0 aliphatic rings. The summed E-state index contributed by atoms with van der Waals surface area (Å²) >= 11 is 1.44. The molecule has 30 heavy (non-hydrogen) atoms. The topological polar surface area (TPSA) is 114 Å². The van der Waals surface area contributed by atoms with Crippen LogP contribution >= 0.6 is 11.3 Å². The van der Waals surface area contributed by atoms with Crippen molar-refractivity contribution in [1.82, 2.24) is 15.0 Å². The molecule has 0 fully saturated rings. The molecule has 0 unspecified atom stereocenters. The van der Waals surface area contributed by atoms with Gasteiger partial charge in [-0.05, 0) is 50.2 Å². The molecule has 4 rings (SSSR count). The van der Waals surface area contributed by atoms with Crippen molar-refractivity contribution in [1.29, 1.82) is 0 Å². The van der Waals surface area contributed by atoms with E-state index in [9.17, 15) is 9.90 Å². The SMILES string of the molecule is Cc1cc(-c2cc(Nc3nc(-c4cccc(O)c4)cs3)ccc2C(N)=O)nc(C)n1. The third-order valence-corrected chi connectivity index (χ3v) is 5.18. The number of carbonyl (C=O) groups is 1. The van der Waals surface area contributed by atoms with Crippen molar-refractivity contribution in [2.24, 2.45) is 5.73 Å². The van der Waals surface area contributed by atoms with Crippen molar-refractivity contribution < 1.29 is 9.90 Å². The number of thiazole rings is 1. The van der Waals surface area contributed by atoms with Gasteiger partial charge in [-0.3, -0.25) is 4.79 Å². The number of phenols is 1. The Bertz CT molecular complexity index is 1230. The van der Waals surface area contributed by atoms with E-state index in [0.717, 1.165) is 22.6 Å². The van der Waals surface area contributed by atoms with Gasteiger partial charge in [0.1, 0.15) is 11.6 Å². The van der Waals surface area contributed by atoms with Gasteiger partial charge in [-0.15, -0.1) is 11.3 Å². The van der Waals surface area contributed by atoms with E-state index in [-0.39, 0.29) is 5.75 Å². The first kappa shape index (κ1) is 19.5. The van der Waals surface area contributed by atoms with Crippen molar-refractivity contribution in [3.8, 4) is 28.3 Å². The number of anilines is 2. The number of carbonyl (C=O) groups excluding carboxylic acids is 1. The number of hydrogen-bond donors (Lipinski definition) is 3. The van der Waals surface area contributed by atoms with Crippen LogP contribution in [0, 0.1) is 13.8 Å². The minimum Gasteiger partial charge on any atom is -0.508 e. The Morgan fingerprint density at radius 2 is 1.87 bits per heavy atom. The highest BCUT2D eigenvalue weighted by molar-refractivity contribution is 7.14. The average Bonchev–Trinajstić information content (AvgIpc) is 3.15. The van der Waals surface area contributed by atoms with Gasteiger partial charge in [-0.25, -0.2) is 15.0 Å². The summed E-state index contributed by atoms with van der Waals surface area (Å²) in [7, 11) is 0. The lowest BCUT2D eigenvalue weighted by molar-refractivity contribution is 0.100. The monoisotopic (exact) mass is 417 g/mol. The largest absolute Gasteiger partial charge is 0.508 e. The Hall–Kier alpha value is -3.78. The molecule has 0 aliphatic heterocycles. The Morgan fingerprint density at radius 1 is 1.03 bits per heavy atom. The Morgan fingerprint density at radius 3 is 2.60 bits per heavy atom. The number of nitrogens with zero attached hydrogens (tertiary/aromatic N) is 3. The molecule has 0 spiro atoms. The van der Waals surface area contributed by atoms with E-state index in [2.05, 4.69) is 20.3 Å². The van der Waals surface area contributed by atoms with E-state index in [1.54, 1.807) is 37.3 Å². The van der Waals surface area contributed by atoms with Crippen LogP contribution in [0.15, 0.2) is 53.9 Å². The van der Waals surface area contributed by atoms with E-state index >= 15 is 0 Å². The first-order chi connectivity index (χ1) is 14.4. The number of primary amides is 1. The fourth-order valence-electron chi connectivity index (χ4n) is 3.16. The van der Waals surface area contributed by atoms with Crippen LogP contribution in [0.1, 0.15) is 21.9 Å². The zero-order chi connectivity index (χ0) is 21.3. The van der Waals surface area contributed by atoms with E-state index in [4.69, 9.17) is 5.73 Å². The quantitative estimate of drug-likeness (QED) is 0.442. The first-order valence-electron chi connectivity index (χ1n) is 9.17. The van der Waals surface area contributed by atoms with E-state index in [1.807, 2.05) is 30.5 Å². The molecule has 8 heteroatoms. The molecule has 0 saturated heterocycles. The van der Waals surface area contributed by atoms with Crippen LogP contribution in [-0.2, 0) is 0 Å². The number of phenolic OH excluding ortho intramolecular Hbond substituents is 1. The summed E-state index contributed by atoms with van der Waals surface area (Å²) in [5, 5.41) is 15.5. The second-order valence-corrected chi connectivity index (χ2v) is 7.64. The molecule has 2 heterocycles. The Balaban J connectivity index is 1.68. The maximum absolute atomic E-state index is 11.9. The second kappa shape index (κ2) is 7.92. The fraction of sp³-hybridized carbons (Fsp3) is 0.0909. The number of aromatic hydroxyl groups is 1. The van der Waals surface area contributed by atoms with Crippen molar-refractivity contribution >= 4 is 28.1 Å². The smallest absolute Gasteiger partial charge is 0.249 e. The third-order valence-electron chi connectivity index (χ3n) is 4.42. The van der Waals surface area contributed by atoms with E-state index in [1.165, 1.54) is 11.3 Å². The summed E-state index contributed by atoms with van der Waals surface area (Å²) in [4.78, 5) is 25.3. The summed E-state index contributed by atoms with van der Waals surface area (Å²) in [6, 6.07) is 14.1. The Labute approximate surface area is 177 Å². The number of nitrogens with two attached hydrogens (primary N) is 1. The summed E-state index contributed by atoms with van der Waals surface area (Å²) in [5.41, 5.74) is 10.4. The van der Waals surface area contributed by atoms with Gasteiger partial charge in [0.15, 0.2) is 5.13 Å². The number of hydrogen-bond acceptors (Lipinski definition) is 7. The Kier molecular flexibility index (Phi) is 5.16. The lowest BCUT2D eigenvalue weighted by atomic mass is 10.0. The van der Waals surface area contributed by atoms with Gasteiger partial charge in [0, 0.05) is 33.5 Å². The molecular formula is C22H19N5O2S.